The van der Waals surface area contributed by atoms with Gasteiger partial charge in [-0.1, -0.05) is 42.5 Å². The number of anilines is 2. The molecule has 2 N–H and O–H groups in total. The zero-order valence-electron chi connectivity index (χ0n) is 21.3. The van der Waals surface area contributed by atoms with E-state index >= 15 is 0 Å². The first kappa shape index (κ1) is 24.1. The molecule has 0 fully saturated rings. The molecular formula is C29H29N5O3. The maximum absolute atomic E-state index is 13.6. The highest BCUT2D eigenvalue weighted by Gasteiger charge is 2.34. The summed E-state index contributed by atoms with van der Waals surface area (Å²) in [5.41, 5.74) is 6.12. The number of nitrogens with one attached hydrogen (secondary N) is 2. The molecule has 1 aliphatic rings. The lowest BCUT2D eigenvalue weighted by Crippen LogP contribution is -2.31. The van der Waals surface area contributed by atoms with Crippen molar-refractivity contribution in [3.8, 4) is 11.5 Å². The van der Waals surface area contributed by atoms with E-state index in [2.05, 4.69) is 33.7 Å². The SMILES string of the molecule is COc1cc(C2C(C(=O)Nc3cccc(C)c3)=C(C)Nc3ncnn32)ccc1OCc1ccccc1C. The second-order valence-electron chi connectivity index (χ2n) is 9.04. The lowest BCUT2D eigenvalue weighted by atomic mass is 9.94. The van der Waals surface area contributed by atoms with Gasteiger partial charge in [-0.05, 0) is 67.3 Å². The van der Waals surface area contributed by atoms with E-state index in [1.54, 1.807) is 11.8 Å². The summed E-state index contributed by atoms with van der Waals surface area (Å²) >= 11 is 0. The van der Waals surface area contributed by atoms with Crippen LogP contribution in [0.3, 0.4) is 0 Å². The highest BCUT2D eigenvalue weighted by Crippen LogP contribution is 2.39. The van der Waals surface area contributed by atoms with E-state index in [0.717, 1.165) is 27.9 Å². The molecule has 3 aromatic carbocycles. The van der Waals surface area contributed by atoms with Crippen molar-refractivity contribution in [3.05, 3.63) is 107 Å². The van der Waals surface area contributed by atoms with Gasteiger partial charge in [-0.2, -0.15) is 10.1 Å². The van der Waals surface area contributed by atoms with Crippen molar-refractivity contribution in [3.63, 3.8) is 0 Å². The van der Waals surface area contributed by atoms with Crippen molar-refractivity contribution in [2.45, 2.75) is 33.4 Å². The third-order valence-electron chi connectivity index (χ3n) is 6.46. The molecule has 5 rings (SSSR count). The summed E-state index contributed by atoms with van der Waals surface area (Å²) < 4.78 is 13.5. The number of carbonyl (C=O) groups is 1. The van der Waals surface area contributed by atoms with Crippen LogP contribution >= 0.6 is 0 Å². The number of hydrogen-bond acceptors (Lipinski definition) is 6. The number of benzene rings is 3. The molecule has 0 saturated heterocycles. The molecule has 0 radical (unpaired) electrons. The van der Waals surface area contributed by atoms with Gasteiger partial charge in [0.15, 0.2) is 11.5 Å². The molecule has 188 valence electrons. The Morgan fingerprint density at radius 1 is 1.03 bits per heavy atom. The molecule has 8 nitrogen and oxygen atoms in total. The summed E-state index contributed by atoms with van der Waals surface area (Å²) in [6, 6.07) is 21.0. The van der Waals surface area contributed by atoms with Crippen molar-refractivity contribution < 1.29 is 14.3 Å². The van der Waals surface area contributed by atoms with E-state index in [-0.39, 0.29) is 5.91 Å². The number of amides is 1. The van der Waals surface area contributed by atoms with Crippen molar-refractivity contribution in [1.82, 2.24) is 14.8 Å². The predicted octanol–water partition coefficient (Wildman–Crippen LogP) is 5.41. The molecule has 0 saturated carbocycles. The fourth-order valence-electron chi connectivity index (χ4n) is 4.52. The van der Waals surface area contributed by atoms with Crippen molar-refractivity contribution in [2.24, 2.45) is 0 Å². The quantitative estimate of drug-likeness (QED) is 0.356. The van der Waals surface area contributed by atoms with Gasteiger partial charge in [-0.25, -0.2) is 4.68 Å². The third-order valence-corrected chi connectivity index (χ3v) is 6.46. The summed E-state index contributed by atoms with van der Waals surface area (Å²) in [5.74, 6) is 1.53. The van der Waals surface area contributed by atoms with Gasteiger partial charge in [0.2, 0.25) is 5.95 Å². The number of carbonyl (C=O) groups excluding carboxylic acids is 1. The molecule has 37 heavy (non-hydrogen) atoms. The number of allylic oxidation sites excluding steroid dienone is 1. The summed E-state index contributed by atoms with van der Waals surface area (Å²) in [4.78, 5) is 17.9. The van der Waals surface area contributed by atoms with Gasteiger partial charge >= 0.3 is 0 Å². The predicted molar refractivity (Wildman–Crippen MR) is 143 cm³/mol. The largest absolute Gasteiger partial charge is 0.493 e. The van der Waals surface area contributed by atoms with Crippen LogP contribution in [-0.4, -0.2) is 27.8 Å². The normalized spacial score (nSPS) is 14.5. The summed E-state index contributed by atoms with van der Waals surface area (Å²) in [6.45, 7) is 6.34. The maximum atomic E-state index is 13.6. The number of rotatable bonds is 7. The smallest absolute Gasteiger partial charge is 0.255 e. The minimum absolute atomic E-state index is 0.222. The van der Waals surface area contributed by atoms with Crippen LogP contribution in [0.5, 0.6) is 11.5 Å². The first-order valence-electron chi connectivity index (χ1n) is 12.0. The van der Waals surface area contributed by atoms with E-state index in [1.807, 2.05) is 74.5 Å². The standard InChI is InChI=1S/C29H29N5O3/c1-18-8-7-11-23(14-18)33-28(35)26-20(3)32-29-30-17-31-34(29)27(26)21-12-13-24(25(15-21)36-4)37-16-22-10-6-5-9-19(22)2/h5-15,17,27H,16H2,1-4H3,(H,33,35)(H,30,31,32). The lowest BCUT2D eigenvalue weighted by molar-refractivity contribution is -0.113. The fraction of sp³-hybridized carbons (Fsp3) is 0.207. The van der Waals surface area contributed by atoms with Crippen LogP contribution in [0.1, 0.15) is 35.2 Å². The summed E-state index contributed by atoms with van der Waals surface area (Å²) in [6.07, 6.45) is 1.47. The number of methoxy groups -OCH3 is 1. The van der Waals surface area contributed by atoms with Gasteiger partial charge < -0.3 is 20.1 Å². The third kappa shape index (κ3) is 4.91. The Bertz CT molecular complexity index is 1490. The molecule has 1 atom stereocenters. The first-order chi connectivity index (χ1) is 17.9. The van der Waals surface area contributed by atoms with Gasteiger partial charge in [0.05, 0.1) is 12.7 Å². The van der Waals surface area contributed by atoms with E-state index < -0.39 is 6.04 Å². The average molecular weight is 496 g/mol. The first-order valence-corrected chi connectivity index (χ1v) is 12.0. The summed E-state index contributed by atoms with van der Waals surface area (Å²) in [7, 11) is 1.61. The van der Waals surface area contributed by atoms with Gasteiger partial charge in [0.25, 0.3) is 5.91 Å². The minimum atomic E-state index is -0.511. The molecule has 8 heteroatoms. The number of hydrogen-bond donors (Lipinski definition) is 2. The monoisotopic (exact) mass is 495 g/mol. The van der Waals surface area contributed by atoms with Crippen molar-refractivity contribution in [2.75, 3.05) is 17.7 Å². The maximum Gasteiger partial charge on any atom is 0.255 e. The van der Waals surface area contributed by atoms with Gasteiger partial charge in [-0.15, -0.1) is 0 Å². The van der Waals surface area contributed by atoms with Crippen LogP contribution in [0.15, 0.2) is 84.3 Å². The van der Waals surface area contributed by atoms with Crippen LogP contribution in [0, 0.1) is 13.8 Å². The number of fused-ring (bicyclic) bond motifs is 1. The summed E-state index contributed by atoms with van der Waals surface area (Å²) in [5, 5.41) is 10.7. The van der Waals surface area contributed by atoms with Crippen LogP contribution in [0.25, 0.3) is 0 Å². The van der Waals surface area contributed by atoms with E-state index in [4.69, 9.17) is 9.47 Å². The zero-order chi connectivity index (χ0) is 25.9. The highest BCUT2D eigenvalue weighted by molar-refractivity contribution is 6.06. The van der Waals surface area contributed by atoms with E-state index in [0.29, 0.717) is 35.3 Å². The molecule has 1 aromatic heterocycles. The topological polar surface area (TPSA) is 90.3 Å². The van der Waals surface area contributed by atoms with Crippen molar-refractivity contribution >= 4 is 17.5 Å². The zero-order valence-corrected chi connectivity index (χ0v) is 21.3. The molecular weight excluding hydrogens is 466 g/mol. The Morgan fingerprint density at radius 3 is 2.65 bits per heavy atom. The Labute approximate surface area is 216 Å². The van der Waals surface area contributed by atoms with Crippen LogP contribution in [0.2, 0.25) is 0 Å². The lowest BCUT2D eigenvalue weighted by Gasteiger charge is -2.29. The molecule has 1 unspecified atom stereocenters. The molecule has 0 spiro atoms. The Balaban J connectivity index is 1.48. The average Bonchev–Trinajstić information content (AvgIpc) is 3.35. The second-order valence-corrected chi connectivity index (χ2v) is 9.04. The molecule has 0 bridgehead atoms. The van der Waals surface area contributed by atoms with E-state index in [9.17, 15) is 4.79 Å². The molecule has 4 aromatic rings. The molecule has 1 amide bonds. The van der Waals surface area contributed by atoms with Gasteiger partial charge in [0.1, 0.15) is 19.0 Å². The molecule has 2 heterocycles. The minimum Gasteiger partial charge on any atom is -0.493 e. The van der Waals surface area contributed by atoms with Crippen LogP contribution in [0.4, 0.5) is 11.6 Å². The Hall–Kier alpha value is -4.59. The fourth-order valence-corrected chi connectivity index (χ4v) is 4.52. The number of aromatic nitrogens is 3. The number of ether oxygens (including phenoxy) is 2. The number of aryl methyl sites for hydroxylation is 2. The van der Waals surface area contributed by atoms with Gasteiger partial charge in [-0.3, -0.25) is 4.79 Å². The Kier molecular flexibility index (Phi) is 6.64. The second kappa shape index (κ2) is 10.2. The van der Waals surface area contributed by atoms with E-state index in [1.165, 1.54) is 6.33 Å². The van der Waals surface area contributed by atoms with Gasteiger partial charge in [0, 0.05) is 11.4 Å². The Morgan fingerprint density at radius 2 is 1.86 bits per heavy atom. The highest BCUT2D eigenvalue weighted by atomic mass is 16.5. The van der Waals surface area contributed by atoms with Crippen LogP contribution < -0.4 is 20.1 Å². The molecule has 0 aliphatic carbocycles. The number of nitrogens with zero attached hydrogens (tertiary/aromatic N) is 3. The van der Waals surface area contributed by atoms with Crippen LogP contribution in [-0.2, 0) is 11.4 Å². The molecule has 1 aliphatic heterocycles. The van der Waals surface area contributed by atoms with Crippen molar-refractivity contribution in [1.29, 1.82) is 0 Å².